The van der Waals surface area contributed by atoms with Crippen molar-refractivity contribution in [1.82, 2.24) is 4.90 Å². The predicted molar refractivity (Wildman–Crippen MR) is 123 cm³/mol. The Morgan fingerprint density at radius 2 is 1.41 bits per heavy atom. The lowest BCUT2D eigenvalue weighted by Gasteiger charge is -2.29. The maximum atomic E-state index is 13.1. The summed E-state index contributed by atoms with van der Waals surface area (Å²) in [6, 6.07) is 17.4. The van der Waals surface area contributed by atoms with Gasteiger partial charge in [-0.15, -0.1) is 0 Å². The summed E-state index contributed by atoms with van der Waals surface area (Å²) in [6.45, 7) is 5.24. The molecule has 1 saturated heterocycles. The third-order valence-corrected chi connectivity index (χ3v) is 5.41. The van der Waals surface area contributed by atoms with Gasteiger partial charge < -0.3 is 18.9 Å². The van der Waals surface area contributed by atoms with Gasteiger partial charge in [-0.3, -0.25) is 9.69 Å². The zero-order valence-electron chi connectivity index (χ0n) is 19.9. The fourth-order valence-electron chi connectivity index (χ4n) is 3.55. The maximum absolute atomic E-state index is 13.1. The van der Waals surface area contributed by atoms with Gasteiger partial charge in [-0.05, 0) is 31.9 Å². The van der Waals surface area contributed by atoms with E-state index in [0.29, 0.717) is 0 Å². The van der Waals surface area contributed by atoms with Gasteiger partial charge in [0.2, 0.25) is 0 Å². The maximum Gasteiger partial charge on any atom is 0.413 e. The molecule has 182 valence electrons. The second kappa shape index (κ2) is 11.2. The Labute approximate surface area is 199 Å². The number of benzene rings is 2. The van der Waals surface area contributed by atoms with Gasteiger partial charge in [-0.2, -0.15) is 0 Å². The lowest BCUT2D eigenvalue weighted by molar-refractivity contribution is -0.168. The monoisotopic (exact) mass is 469 g/mol. The van der Waals surface area contributed by atoms with Crippen LogP contribution in [0.3, 0.4) is 0 Å². The van der Waals surface area contributed by atoms with Crippen molar-refractivity contribution in [3.05, 3.63) is 71.8 Å². The number of likely N-dealkylation sites (tertiary alicyclic amines) is 1. The van der Waals surface area contributed by atoms with Crippen LogP contribution in [0.15, 0.2) is 60.7 Å². The van der Waals surface area contributed by atoms with Crippen LogP contribution in [0.25, 0.3) is 0 Å². The molecule has 1 amide bonds. The molecule has 1 aliphatic heterocycles. The molecular formula is C26H31NO7. The first-order valence-electron chi connectivity index (χ1n) is 11.1. The molecule has 0 bridgehead atoms. The van der Waals surface area contributed by atoms with Gasteiger partial charge in [0.05, 0.1) is 5.41 Å². The SMILES string of the molecule is CO[C@H]1[C@@H](OC(=O)C(C)(C)C)C[C@@H](C(=O)OCc2ccccc2)N1C(=O)OCc1ccccc1. The highest BCUT2D eigenvalue weighted by Crippen LogP contribution is 2.31. The summed E-state index contributed by atoms with van der Waals surface area (Å²) in [5, 5.41) is 0. The molecule has 8 nitrogen and oxygen atoms in total. The van der Waals surface area contributed by atoms with Crippen LogP contribution in [0.2, 0.25) is 0 Å². The molecule has 0 aliphatic carbocycles. The van der Waals surface area contributed by atoms with E-state index in [0.717, 1.165) is 16.0 Å². The Kier molecular flexibility index (Phi) is 8.28. The van der Waals surface area contributed by atoms with E-state index in [1.165, 1.54) is 7.11 Å². The lowest BCUT2D eigenvalue weighted by atomic mass is 9.97. The highest BCUT2D eigenvalue weighted by molar-refractivity contribution is 5.83. The molecule has 34 heavy (non-hydrogen) atoms. The van der Waals surface area contributed by atoms with Gasteiger partial charge in [0.15, 0.2) is 6.23 Å². The number of ether oxygens (including phenoxy) is 4. The van der Waals surface area contributed by atoms with E-state index >= 15 is 0 Å². The van der Waals surface area contributed by atoms with E-state index < -0.39 is 41.8 Å². The van der Waals surface area contributed by atoms with Crippen molar-refractivity contribution >= 4 is 18.0 Å². The van der Waals surface area contributed by atoms with Gasteiger partial charge >= 0.3 is 18.0 Å². The van der Waals surface area contributed by atoms with Crippen LogP contribution < -0.4 is 0 Å². The third-order valence-electron chi connectivity index (χ3n) is 5.41. The van der Waals surface area contributed by atoms with E-state index in [4.69, 9.17) is 18.9 Å². The van der Waals surface area contributed by atoms with Crippen molar-refractivity contribution in [2.24, 2.45) is 5.41 Å². The minimum atomic E-state index is -1.03. The molecule has 1 aliphatic rings. The van der Waals surface area contributed by atoms with E-state index in [2.05, 4.69) is 0 Å². The topological polar surface area (TPSA) is 91.4 Å². The number of hydrogen-bond donors (Lipinski definition) is 0. The Hall–Kier alpha value is -3.39. The predicted octanol–water partition coefficient (Wildman–Crippen LogP) is 4.07. The van der Waals surface area contributed by atoms with Crippen LogP contribution in [0.1, 0.15) is 38.3 Å². The van der Waals surface area contributed by atoms with E-state index in [1.807, 2.05) is 60.7 Å². The number of amides is 1. The summed E-state index contributed by atoms with van der Waals surface area (Å²) in [5.41, 5.74) is 0.844. The smallest absolute Gasteiger partial charge is 0.413 e. The zero-order chi connectivity index (χ0) is 24.7. The fraction of sp³-hybridized carbons (Fsp3) is 0.423. The van der Waals surface area contributed by atoms with E-state index in [1.54, 1.807) is 20.8 Å². The molecule has 2 aromatic rings. The summed E-state index contributed by atoms with van der Waals surface area (Å²) in [7, 11) is 1.39. The Morgan fingerprint density at radius 1 is 0.882 bits per heavy atom. The van der Waals surface area contributed by atoms with E-state index in [-0.39, 0.29) is 19.6 Å². The number of carbonyl (C=O) groups excluding carboxylic acids is 3. The number of esters is 2. The fourth-order valence-corrected chi connectivity index (χ4v) is 3.55. The van der Waals surface area contributed by atoms with Crippen LogP contribution in [0.5, 0.6) is 0 Å². The normalized spacial score (nSPS) is 20.0. The standard InChI is InChI=1S/C26H31NO7/c1-26(2,3)24(29)34-21-15-20(23(28)32-16-18-11-7-5-8-12-18)27(22(21)31-4)25(30)33-17-19-13-9-6-10-14-19/h5-14,20-22H,15-17H2,1-4H3/t20-,21-,22-/m0/s1. The minimum Gasteiger partial charge on any atom is -0.459 e. The largest absolute Gasteiger partial charge is 0.459 e. The molecule has 0 radical (unpaired) electrons. The molecule has 1 heterocycles. The van der Waals surface area contributed by atoms with Gasteiger partial charge in [-0.1, -0.05) is 60.7 Å². The minimum absolute atomic E-state index is 0.0187. The summed E-state index contributed by atoms with van der Waals surface area (Å²) in [6.07, 6.45) is -2.57. The van der Waals surface area contributed by atoms with Crippen LogP contribution in [0, 0.1) is 5.41 Å². The quantitative estimate of drug-likeness (QED) is 0.446. The first-order valence-corrected chi connectivity index (χ1v) is 11.1. The number of nitrogens with zero attached hydrogens (tertiary/aromatic N) is 1. The van der Waals surface area contributed by atoms with Crippen molar-refractivity contribution < 1.29 is 33.3 Å². The molecule has 2 aromatic carbocycles. The van der Waals surface area contributed by atoms with Crippen molar-refractivity contribution in [3.63, 3.8) is 0 Å². The Balaban J connectivity index is 1.77. The van der Waals surface area contributed by atoms with Gasteiger partial charge in [0.25, 0.3) is 0 Å². The molecule has 0 unspecified atom stereocenters. The molecular weight excluding hydrogens is 438 g/mol. The Morgan fingerprint density at radius 3 is 1.91 bits per heavy atom. The van der Waals surface area contributed by atoms with Crippen LogP contribution in [-0.2, 0) is 41.8 Å². The number of methoxy groups -OCH3 is 1. The van der Waals surface area contributed by atoms with Crippen LogP contribution in [-0.4, -0.2) is 48.4 Å². The number of rotatable bonds is 7. The summed E-state index contributed by atoms with van der Waals surface area (Å²) < 4.78 is 22.1. The number of hydrogen-bond acceptors (Lipinski definition) is 7. The molecule has 8 heteroatoms. The molecule has 3 rings (SSSR count). The molecule has 0 spiro atoms. The highest BCUT2D eigenvalue weighted by Gasteiger charge is 2.51. The van der Waals surface area contributed by atoms with Crippen molar-refractivity contribution in [2.75, 3.05) is 7.11 Å². The van der Waals surface area contributed by atoms with Crippen molar-refractivity contribution in [1.29, 1.82) is 0 Å². The highest BCUT2D eigenvalue weighted by atomic mass is 16.6. The second-order valence-corrected chi connectivity index (χ2v) is 9.11. The molecule has 0 N–H and O–H groups in total. The third kappa shape index (κ3) is 6.35. The number of carbonyl (C=O) groups is 3. The van der Waals surface area contributed by atoms with Crippen molar-refractivity contribution in [3.8, 4) is 0 Å². The molecule has 1 fully saturated rings. The first-order chi connectivity index (χ1) is 16.2. The van der Waals surface area contributed by atoms with E-state index in [9.17, 15) is 14.4 Å². The molecule has 0 saturated carbocycles. The van der Waals surface area contributed by atoms with Gasteiger partial charge in [0, 0.05) is 13.5 Å². The van der Waals surface area contributed by atoms with Crippen LogP contribution in [0.4, 0.5) is 4.79 Å². The molecule has 3 atom stereocenters. The van der Waals surface area contributed by atoms with Gasteiger partial charge in [-0.25, -0.2) is 9.59 Å². The lowest BCUT2D eigenvalue weighted by Crippen LogP contribution is -2.48. The molecule has 0 aromatic heterocycles. The van der Waals surface area contributed by atoms with Crippen molar-refractivity contribution in [2.45, 2.75) is 58.8 Å². The zero-order valence-corrected chi connectivity index (χ0v) is 19.9. The second-order valence-electron chi connectivity index (χ2n) is 9.11. The summed E-state index contributed by atoms with van der Waals surface area (Å²) >= 11 is 0. The first kappa shape index (κ1) is 25.2. The average Bonchev–Trinajstić information content (AvgIpc) is 3.20. The van der Waals surface area contributed by atoms with Crippen LogP contribution >= 0.6 is 0 Å². The summed E-state index contributed by atoms with van der Waals surface area (Å²) in [4.78, 5) is 39.8. The van der Waals surface area contributed by atoms with Gasteiger partial charge in [0.1, 0.15) is 25.4 Å². The Bertz CT molecular complexity index is 972. The summed E-state index contributed by atoms with van der Waals surface area (Å²) in [5.74, 6) is -1.09. The average molecular weight is 470 g/mol.